The molecule has 1 aromatic carbocycles. The Labute approximate surface area is 129 Å². The molecule has 2 heterocycles. The van der Waals surface area contributed by atoms with Gasteiger partial charge in [0.25, 0.3) is 0 Å². The summed E-state index contributed by atoms with van der Waals surface area (Å²) in [6, 6.07) is 6.10. The van der Waals surface area contributed by atoms with Crippen molar-refractivity contribution in [1.29, 1.82) is 0 Å². The lowest BCUT2D eigenvalue weighted by Gasteiger charge is -2.01. The van der Waals surface area contributed by atoms with Crippen molar-refractivity contribution >= 4 is 22.4 Å². The third-order valence-corrected chi connectivity index (χ3v) is 3.82. The minimum atomic E-state index is -0.294. The average molecular weight is 317 g/mol. The summed E-state index contributed by atoms with van der Waals surface area (Å²) in [4.78, 5) is 21.0. The minimum absolute atomic E-state index is 0.0739. The maximum absolute atomic E-state index is 13.0. The summed E-state index contributed by atoms with van der Waals surface area (Å²) in [5.74, 6) is -0.525. The highest BCUT2D eigenvalue weighted by atomic mass is 32.1. The maximum Gasteiger partial charge on any atom is 0.247 e. The maximum atomic E-state index is 13.0. The zero-order chi connectivity index (χ0) is 15.5. The predicted octanol–water partition coefficient (Wildman–Crippen LogP) is 2.49. The summed E-state index contributed by atoms with van der Waals surface area (Å²) < 4.78 is 14.4. The van der Waals surface area contributed by atoms with Crippen LogP contribution < -0.4 is 5.32 Å². The average Bonchev–Trinajstić information content (AvgIpc) is 3.10. The second-order valence-corrected chi connectivity index (χ2v) is 5.78. The molecule has 112 valence electrons. The molecule has 1 amide bonds. The molecular weight excluding hydrogens is 305 g/mol. The van der Waals surface area contributed by atoms with Gasteiger partial charge in [0, 0.05) is 10.4 Å². The number of rotatable bonds is 4. The van der Waals surface area contributed by atoms with Crippen LogP contribution in [0.4, 0.5) is 9.52 Å². The number of hydrogen-bond acceptors (Lipinski definition) is 5. The molecule has 0 saturated carbocycles. The zero-order valence-corrected chi connectivity index (χ0v) is 12.5. The summed E-state index contributed by atoms with van der Waals surface area (Å²) in [5.41, 5.74) is 1.55. The number of thiazole rings is 1. The molecule has 3 rings (SSSR count). The van der Waals surface area contributed by atoms with Crippen molar-refractivity contribution in [3.8, 4) is 11.3 Å². The van der Waals surface area contributed by atoms with E-state index in [1.165, 1.54) is 40.8 Å². The van der Waals surface area contributed by atoms with E-state index in [9.17, 15) is 9.18 Å². The van der Waals surface area contributed by atoms with E-state index in [2.05, 4.69) is 20.4 Å². The molecule has 0 bridgehead atoms. The first kappa shape index (κ1) is 14.3. The lowest BCUT2D eigenvalue weighted by molar-refractivity contribution is -0.116. The molecule has 1 N–H and O–H groups in total. The van der Waals surface area contributed by atoms with Crippen LogP contribution in [-0.4, -0.2) is 25.7 Å². The number of nitrogens with one attached hydrogen (secondary N) is 1. The molecule has 8 heteroatoms. The van der Waals surface area contributed by atoms with E-state index in [0.29, 0.717) is 5.13 Å². The van der Waals surface area contributed by atoms with Crippen molar-refractivity contribution in [2.45, 2.75) is 13.5 Å². The Morgan fingerprint density at radius 3 is 2.82 bits per heavy atom. The Morgan fingerprint density at radius 2 is 2.14 bits per heavy atom. The van der Waals surface area contributed by atoms with Gasteiger partial charge < -0.3 is 5.32 Å². The molecule has 0 aliphatic rings. The molecule has 0 aliphatic carbocycles. The number of aromatic nitrogens is 4. The number of nitrogens with zero attached hydrogens (tertiary/aromatic N) is 4. The van der Waals surface area contributed by atoms with Gasteiger partial charge in [-0.05, 0) is 31.2 Å². The standard InChI is InChI=1S/C14H12FN5OS/c1-9-13(10-2-4-11(15)5-3-10)19-14(22-9)18-12(21)6-20-8-16-7-17-20/h2-5,7-8H,6H2,1H3,(H,18,19,21). The third-order valence-electron chi connectivity index (χ3n) is 2.93. The van der Waals surface area contributed by atoms with Crippen LogP contribution in [0.25, 0.3) is 11.3 Å². The number of carbonyl (C=O) groups is 1. The molecule has 0 atom stereocenters. The smallest absolute Gasteiger partial charge is 0.247 e. The molecule has 6 nitrogen and oxygen atoms in total. The predicted molar refractivity (Wildman–Crippen MR) is 80.9 cm³/mol. The van der Waals surface area contributed by atoms with Crippen LogP contribution in [0.5, 0.6) is 0 Å². The van der Waals surface area contributed by atoms with Crippen LogP contribution >= 0.6 is 11.3 Å². The lowest BCUT2D eigenvalue weighted by Crippen LogP contribution is -2.18. The van der Waals surface area contributed by atoms with Crippen LogP contribution in [0.1, 0.15) is 4.88 Å². The Hall–Kier alpha value is -2.61. The van der Waals surface area contributed by atoms with Crippen molar-refractivity contribution in [3.05, 3.63) is 47.6 Å². The number of hydrogen-bond donors (Lipinski definition) is 1. The van der Waals surface area contributed by atoms with E-state index >= 15 is 0 Å². The Morgan fingerprint density at radius 1 is 1.36 bits per heavy atom. The first-order valence-electron chi connectivity index (χ1n) is 6.47. The van der Waals surface area contributed by atoms with E-state index < -0.39 is 0 Å². The Bertz CT molecular complexity index is 782. The second-order valence-electron chi connectivity index (χ2n) is 4.57. The third kappa shape index (κ3) is 3.17. The van der Waals surface area contributed by atoms with Crippen LogP contribution in [0.15, 0.2) is 36.9 Å². The molecule has 0 saturated heterocycles. The van der Waals surface area contributed by atoms with Gasteiger partial charge in [0.05, 0.1) is 5.69 Å². The fourth-order valence-corrected chi connectivity index (χ4v) is 2.80. The van der Waals surface area contributed by atoms with Gasteiger partial charge in [-0.1, -0.05) is 0 Å². The van der Waals surface area contributed by atoms with Gasteiger partial charge in [0.15, 0.2) is 5.13 Å². The fraction of sp³-hybridized carbons (Fsp3) is 0.143. The molecule has 0 spiro atoms. The van der Waals surface area contributed by atoms with Gasteiger partial charge in [-0.2, -0.15) is 5.10 Å². The van der Waals surface area contributed by atoms with Crippen LogP contribution in [0.3, 0.4) is 0 Å². The van der Waals surface area contributed by atoms with Crippen LogP contribution in [-0.2, 0) is 11.3 Å². The molecule has 0 aliphatic heterocycles. The highest BCUT2D eigenvalue weighted by Crippen LogP contribution is 2.30. The first-order chi connectivity index (χ1) is 10.6. The highest BCUT2D eigenvalue weighted by molar-refractivity contribution is 7.16. The summed E-state index contributed by atoms with van der Waals surface area (Å²) in [6.07, 6.45) is 2.84. The van der Waals surface area contributed by atoms with E-state index in [0.717, 1.165) is 16.1 Å². The van der Waals surface area contributed by atoms with Crippen molar-refractivity contribution in [3.63, 3.8) is 0 Å². The lowest BCUT2D eigenvalue weighted by atomic mass is 10.1. The highest BCUT2D eigenvalue weighted by Gasteiger charge is 2.12. The number of aryl methyl sites for hydroxylation is 1. The number of halogens is 1. The summed E-state index contributed by atoms with van der Waals surface area (Å²) in [6.45, 7) is 1.98. The molecule has 22 heavy (non-hydrogen) atoms. The van der Waals surface area contributed by atoms with Gasteiger partial charge in [-0.3, -0.25) is 4.79 Å². The normalized spacial score (nSPS) is 10.6. The SMILES string of the molecule is Cc1sc(NC(=O)Cn2cncn2)nc1-c1ccc(F)cc1. The van der Waals surface area contributed by atoms with E-state index in [4.69, 9.17) is 0 Å². The number of amides is 1. The molecule has 0 radical (unpaired) electrons. The second kappa shape index (κ2) is 6.02. The summed E-state index contributed by atoms with van der Waals surface area (Å²) in [7, 11) is 0. The van der Waals surface area contributed by atoms with Crippen molar-refractivity contribution in [1.82, 2.24) is 19.7 Å². The van der Waals surface area contributed by atoms with Crippen molar-refractivity contribution in [2.75, 3.05) is 5.32 Å². The number of benzene rings is 1. The first-order valence-corrected chi connectivity index (χ1v) is 7.29. The van der Waals surface area contributed by atoms with Gasteiger partial charge in [0.2, 0.25) is 5.91 Å². The zero-order valence-electron chi connectivity index (χ0n) is 11.7. The molecule has 0 unspecified atom stereocenters. The Balaban J connectivity index is 1.74. The molecule has 0 fully saturated rings. The van der Waals surface area contributed by atoms with Gasteiger partial charge in [0.1, 0.15) is 25.0 Å². The van der Waals surface area contributed by atoms with Gasteiger partial charge in [-0.25, -0.2) is 19.0 Å². The molecular formula is C14H12FN5OS. The van der Waals surface area contributed by atoms with Crippen molar-refractivity contribution < 1.29 is 9.18 Å². The quantitative estimate of drug-likeness (QED) is 0.802. The number of carbonyl (C=O) groups excluding carboxylic acids is 1. The van der Waals surface area contributed by atoms with Crippen molar-refractivity contribution in [2.24, 2.45) is 0 Å². The van der Waals surface area contributed by atoms with Gasteiger partial charge >= 0.3 is 0 Å². The molecule has 2 aromatic heterocycles. The topological polar surface area (TPSA) is 72.7 Å². The Kier molecular flexibility index (Phi) is 3.92. The van der Waals surface area contributed by atoms with E-state index in [-0.39, 0.29) is 18.3 Å². The van der Waals surface area contributed by atoms with E-state index in [1.807, 2.05) is 6.92 Å². The summed E-state index contributed by atoms with van der Waals surface area (Å²) >= 11 is 1.37. The largest absolute Gasteiger partial charge is 0.300 e. The fourth-order valence-electron chi connectivity index (χ4n) is 1.95. The number of anilines is 1. The van der Waals surface area contributed by atoms with Crippen LogP contribution in [0, 0.1) is 12.7 Å². The van der Waals surface area contributed by atoms with Gasteiger partial charge in [-0.15, -0.1) is 11.3 Å². The van der Waals surface area contributed by atoms with Crippen LogP contribution in [0.2, 0.25) is 0 Å². The molecule has 3 aromatic rings. The summed E-state index contributed by atoms with van der Waals surface area (Å²) in [5, 5.41) is 7.10. The van der Waals surface area contributed by atoms with E-state index in [1.54, 1.807) is 12.1 Å². The monoisotopic (exact) mass is 317 g/mol. The minimum Gasteiger partial charge on any atom is -0.300 e.